The summed E-state index contributed by atoms with van der Waals surface area (Å²) in [6, 6.07) is 19.4. The van der Waals surface area contributed by atoms with Gasteiger partial charge >= 0.3 is 5.97 Å². The Balaban J connectivity index is 1.39. The molecule has 6 rings (SSSR count). The van der Waals surface area contributed by atoms with Crippen molar-refractivity contribution in [3.63, 3.8) is 0 Å². The predicted octanol–water partition coefficient (Wildman–Crippen LogP) is 4.24. The van der Waals surface area contributed by atoms with Crippen LogP contribution in [-0.2, 0) is 28.3 Å². The smallest absolute Gasteiger partial charge is 0.343 e. The van der Waals surface area contributed by atoms with E-state index in [0.29, 0.717) is 29.1 Å². The predicted molar refractivity (Wildman–Crippen MR) is 137 cm³/mol. The standard InChI is InChI=1S/C28H24N4O4/c1-3-28(35)22-13-24-25-18(14-32(24)26(33)21(22)15-36-27(28)34)11-17-12-20(9-10-23(17)31-25)30-16(2)29-19-7-5-4-6-8-19/h4-13,35H,3,14-15H2,1-2H3,(H,29,30)/t28-/m0/s1. The van der Waals surface area contributed by atoms with E-state index in [-0.39, 0.29) is 18.6 Å². The maximum Gasteiger partial charge on any atom is 0.343 e. The monoisotopic (exact) mass is 480 g/mol. The van der Waals surface area contributed by atoms with E-state index in [2.05, 4.69) is 10.3 Å². The number of nitrogens with one attached hydrogen (secondary N) is 1. The van der Waals surface area contributed by atoms with Gasteiger partial charge in [0.2, 0.25) is 0 Å². The fourth-order valence-electron chi connectivity index (χ4n) is 5.00. The van der Waals surface area contributed by atoms with Gasteiger partial charge in [-0.3, -0.25) is 4.79 Å². The topological polar surface area (TPSA) is 106 Å². The van der Waals surface area contributed by atoms with Crippen LogP contribution in [-0.4, -0.2) is 26.5 Å². The highest BCUT2D eigenvalue weighted by Gasteiger charge is 2.45. The summed E-state index contributed by atoms with van der Waals surface area (Å²) < 4.78 is 6.78. The first-order chi connectivity index (χ1) is 17.4. The van der Waals surface area contributed by atoms with E-state index in [9.17, 15) is 14.7 Å². The zero-order chi connectivity index (χ0) is 25.0. The van der Waals surface area contributed by atoms with E-state index in [1.807, 2.05) is 61.5 Å². The number of nitrogens with zero attached hydrogens (tertiary/aromatic N) is 3. The fraction of sp³-hybridized carbons (Fsp3) is 0.214. The molecule has 0 radical (unpaired) electrons. The number of fused-ring (bicyclic) bond motifs is 5. The van der Waals surface area contributed by atoms with Gasteiger partial charge in [-0.15, -0.1) is 0 Å². The largest absolute Gasteiger partial charge is 0.458 e. The highest BCUT2D eigenvalue weighted by molar-refractivity contribution is 5.97. The maximum absolute atomic E-state index is 13.3. The first-order valence-corrected chi connectivity index (χ1v) is 11.9. The number of carbonyl (C=O) groups is 1. The molecule has 180 valence electrons. The SMILES string of the molecule is CC[C@@]1(O)C(=O)OCc2c1cc1n(c2=O)Cc2cc3cc(NC(C)=Nc4ccccc4)ccc3nc2-1. The number of carbonyl (C=O) groups excluding carboxylic acids is 1. The van der Waals surface area contributed by atoms with Crippen LogP contribution in [0.2, 0.25) is 0 Å². The van der Waals surface area contributed by atoms with Crippen LogP contribution in [0, 0.1) is 0 Å². The summed E-state index contributed by atoms with van der Waals surface area (Å²) in [7, 11) is 0. The van der Waals surface area contributed by atoms with Crippen molar-refractivity contribution < 1.29 is 14.6 Å². The van der Waals surface area contributed by atoms with Gasteiger partial charge in [0.15, 0.2) is 5.60 Å². The molecule has 0 fully saturated rings. The van der Waals surface area contributed by atoms with Gasteiger partial charge in [0, 0.05) is 22.2 Å². The number of hydrogen-bond donors (Lipinski definition) is 2. The molecule has 2 aromatic carbocycles. The Morgan fingerprint density at radius 2 is 1.97 bits per heavy atom. The second-order valence-electron chi connectivity index (χ2n) is 9.16. The lowest BCUT2D eigenvalue weighted by molar-refractivity contribution is -0.172. The fourth-order valence-corrected chi connectivity index (χ4v) is 5.00. The maximum atomic E-state index is 13.3. The Morgan fingerprint density at radius 3 is 2.75 bits per heavy atom. The van der Waals surface area contributed by atoms with Crippen molar-refractivity contribution in [2.75, 3.05) is 5.32 Å². The molecule has 0 unspecified atom stereocenters. The molecule has 36 heavy (non-hydrogen) atoms. The number of aliphatic hydroxyl groups is 1. The van der Waals surface area contributed by atoms with Crippen molar-refractivity contribution in [1.82, 2.24) is 9.55 Å². The number of benzene rings is 2. The number of aliphatic imine (C=N–C) groups is 1. The molecule has 2 aromatic heterocycles. The summed E-state index contributed by atoms with van der Waals surface area (Å²) in [5, 5.41) is 15.3. The van der Waals surface area contributed by atoms with Gasteiger partial charge in [0.05, 0.1) is 34.7 Å². The minimum absolute atomic E-state index is 0.114. The summed E-state index contributed by atoms with van der Waals surface area (Å²) in [6.07, 6.45) is 0.114. The number of aromatic nitrogens is 2. The molecule has 0 aliphatic carbocycles. The summed E-state index contributed by atoms with van der Waals surface area (Å²) in [6.45, 7) is 3.83. The van der Waals surface area contributed by atoms with Crippen molar-refractivity contribution in [1.29, 1.82) is 0 Å². The van der Waals surface area contributed by atoms with Gasteiger partial charge in [-0.25, -0.2) is 14.8 Å². The number of rotatable bonds is 3. The molecule has 0 bridgehead atoms. The van der Waals surface area contributed by atoms with Gasteiger partial charge < -0.3 is 19.7 Å². The molecule has 2 N–H and O–H groups in total. The molecule has 0 saturated carbocycles. The Kier molecular flexibility index (Phi) is 5.01. The van der Waals surface area contributed by atoms with Crippen molar-refractivity contribution in [3.05, 3.63) is 87.7 Å². The van der Waals surface area contributed by atoms with Crippen molar-refractivity contribution in [2.45, 2.75) is 39.0 Å². The zero-order valence-corrected chi connectivity index (χ0v) is 19.9. The van der Waals surface area contributed by atoms with Gasteiger partial charge in [0.1, 0.15) is 12.4 Å². The molecular formula is C28H24N4O4. The molecule has 4 heterocycles. The number of para-hydroxylation sites is 1. The molecule has 0 amide bonds. The lowest BCUT2D eigenvalue weighted by atomic mass is 9.86. The lowest BCUT2D eigenvalue weighted by Crippen LogP contribution is -2.44. The first kappa shape index (κ1) is 22.2. The summed E-state index contributed by atoms with van der Waals surface area (Å²) in [5.41, 5.74) is 3.26. The number of anilines is 1. The van der Waals surface area contributed by atoms with E-state index < -0.39 is 11.6 Å². The van der Waals surface area contributed by atoms with Gasteiger partial charge in [-0.2, -0.15) is 0 Å². The summed E-state index contributed by atoms with van der Waals surface area (Å²) in [5.74, 6) is 0.0389. The average Bonchev–Trinajstić information content (AvgIpc) is 3.23. The third-order valence-electron chi connectivity index (χ3n) is 6.89. The van der Waals surface area contributed by atoms with Crippen LogP contribution in [0.5, 0.6) is 0 Å². The van der Waals surface area contributed by atoms with E-state index in [0.717, 1.165) is 33.7 Å². The Hall–Kier alpha value is -4.30. The van der Waals surface area contributed by atoms with Crippen molar-refractivity contribution in [3.8, 4) is 11.4 Å². The average molecular weight is 481 g/mol. The minimum Gasteiger partial charge on any atom is -0.458 e. The van der Waals surface area contributed by atoms with Gasteiger partial charge in [-0.1, -0.05) is 25.1 Å². The molecule has 8 heteroatoms. The first-order valence-electron chi connectivity index (χ1n) is 11.9. The van der Waals surface area contributed by atoms with E-state index in [1.165, 1.54) is 0 Å². The summed E-state index contributed by atoms with van der Waals surface area (Å²) in [4.78, 5) is 35.1. The zero-order valence-electron chi connectivity index (χ0n) is 19.9. The van der Waals surface area contributed by atoms with Crippen LogP contribution < -0.4 is 10.9 Å². The van der Waals surface area contributed by atoms with E-state index in [1.54, 1.807) is 17.6 Å². The quantitative estimate of drug-likeness (QED) is 0.227. The van der Waals surface area contributed by atoms with Crippen molar-refractivity contribution >= 4 is 34.1 Å². The molecule has 0 spiro atoms. The van der Waals surface area contributed by atoms with E-state index in [4.69, 9.17) is 9.72 Å². The van der Waals surface area contributed by atoms with Gasteiger partial charge in [0.25, 0.3) is 5.56 Å². The van der Waals surface area contributed by atoms with Crippen LogP contribution in [0.1, 0.15) is 37.0 Å². The third kappa shape index (κ3) is 3.41. The molecular weight excluding hydrogens is 456 g/mol. The molecule has 4 aromatic rings. The highest BCUT2D eigenvalue weighted by atomic mass is 16.6. The Morgan fingerprint density at radius 1 is 1.17 bits per heavy atom. The summed E-state index contributed by atoms with van der Waals surface area (Å²) >= 11 is 0. The van der Waals surface area contributed by atoms with Crippen LogP contribution in [0.4, 0.5) is 11.4 Å². The molecule has 0 saturated heterocycles. The minimum atomic E-state index is -1.83. The lowest BCUT2D eigenvalue weighted by Gasteiger charge is -2.31. The number of pyridine rings is 2. The van der Waals surface area contributed by atoms with E-state index >= 15 is 0 Å². The number of cyclic esters (lactones) is 1. The molecule has 2 aliphatic heterocycles. The second kappa shape index (κ2) is 8.13. The normalized spacial score (nSPS) is 18.4. The van der Waals surface area contributed by atoms with Crippen LogP contribution in [0.15, 0.2) is 70.5 Å². The number of ether oxygens (including phenoxy) is 1. The van der Waals surface area contributed by atoms with Crippen LogP contribution in [0.25, 0.3) is 22.3 Å². The molecule has 1 atom stereocenters. The van der Waals surface area contributed by atoms with Crippen LogP contribution in [0.3, 0.4) is 0 Å². The Bertz CT molecular complexity index is 1640. The Labute approximate surface area is 206 Å². The molecule has 2 aliphatic rings. The number of esters is 1. The highest BCUT2D eigenvalue weighted by Crippen LogP contribution is 2.38. The number of hydrogen-bond acceptors (Lipinski definition) is 6. The van der Waals surface area contributed by atoms with Crippen molar-refractivity contribution in [2.24, 2.45) is 4.99 Å². The third-order valence-corrected chi connectivity index (χ3v) is 6.89. The van der Waals surface area contributed by atoms with Gasteiger partial charge in [-0.05, 0) is 55.8 Å². The second-order valence-corrected chi connectivity index (χ2v) is 9.16. The molecule has 8 nitrogen and oxygen atoms in total. The number of amidine groups is 1. The van der Waals surface area contributed by atoms with Crippen LogP contribution >= 0.6 is 0 Å².